The molecule has 5 N–H and O–H groups in total. The number of carbonyl (C=O) groups excluding carboxylic acids is 2. The average Bonchev–Trinajstić information content (AvgIpc) is 4.01. The molecular formula is C53H63N3O14S. The topological polar surface area (TPSA) is 225 Å². The monoisotopic (exact) mass is 997 g/mol. The van der Waals surface area contributed by atoms with Gasteiger partial charge >= 0.3 is 10.4 Å². The van der Waals surface area contributed by atoms with Crippen LogP contribution in [0, 0.1) is 11.8 Å². The highest BCUT2D eigenvalue weighted by Gasteiger charge is 2.73. The van der Waals surface area contributed by atoms with Gasteiger partial charge in [-0.05, 0) is 133 Å². The molecule has 0 aromatic heterocycles. The highest BCUT2D eigenvalue weighted by atomic mass is 32.3. The number of benzene rings is 3. The van der Waals surface area contributed by atoms with E-state index >= 15 is 0 Å². The lowest BCUT2D eigenvalue weighted by Gasteiger charge is -2.62. The van der Waals surface area contributed by atoms with Crippen molar-refractivity contribution in [2.45, 2.75) is 129 Å². The first-order chi connectivity index (χ1) is 33.8. The first kappa shape index (κ1) is 47.2. The van der Waals surface area contributed by atoms with Crippen LogP contribution in [0.3, 0.4) is 0 Å². The predicted molar refractivity (Wildman–Crippen MR) is 256 cm³/mol. The number of piperidine rings is 3. The van der Waals surface area contributed by atoms with Gasteiger partial charge in [0.15, 0.2) is 58.3 Å². The molecule has 18 heteroatoms. The smallest absolute Gasteiger partial charge is 0.394 e. The van der Waals surface area contributed by atoms with Crippen molar-refractivity contribution in [3.8, 4) is 34.5 Å². The Kier molecular flexibility index (Phi) is 10.7. The third-order valence-electron chi connectivity index (χ3n) is 19.5. The number of ketones is 2. The second-order valence-corrected chi connectivity index (χ2v) is 23.0. The first-order valence-corrected chi connectivity index (χ1v) is 26.4. The maximum Gasteiger partial charge on any atom is 0.394 e. The van der Waals surface area contributed by atoms with Gasteiger partial charge in [-0.1, -0.05) is 30.4 Å². The molecule has 6 aliphatic carbocycles. The van der Waals surface area contributed by atoms with E-state index < -0.39 is 33.6 Å². The number of methoxy groups -OCH3 is 2. The molecule has 3 aromatic rings. The molecule has 380 valence electrons. The number of hydrogen-bond acceptors (Lipinski definition) is 15. The molecule has 0 radical (unpaired) electrons. The minimum absolute atomic E-state index is 0.0438. The Bertz CT molecular complexity index is 2910. The number of aliphatic hydroxyl groups is 2. The summed E-state index contributed by atoms with van der Waals surface area (Å²) in [5.41, 5.74) is 5.60. The highest BCUT2D eigenvalue weighted by Crippen LogP contribution is 2.66. The normalized spacial score (nSPS) is 38.5. The predicted octanol–water partition coefficient (Wildman–Crippen LogP) is 3.53. The Balaban J connectivity index is 0.000000104. The van der Waals surface area contributed by atoms with Gasteiger partial charge in [-0.3, -0.25) is 18.7 Å². The molecule has 71 heavy (non-hydrogen) atoms. The Hall–Kier alpha value is -4.79. The van der Waals surface area contributed by atoms with E-state index in [1.165, 1.54) is 27.8 Å². The Labute approximate surface area is 413 Å². The summed E-state index contributed by atoms with van der Waals surface area (Å²) in [6, 6.07) is 13.0. The standard InChI is InChI=1S/C18H21NO4.C18H21NO3.C17H19NO3.H2O4S/c1-19-8-7-17-14-10-3-4-12(22-2)15(14)23-16(17)11(20)5-6-18(17,21)13(19)9-10;1-19-8-7-18-11-4-5-13(20)17(18)22-16-14(21-2)6-3-10(15(16)18)9-12(11)19;1-18-7-6-17-10-3-5-13(20)16(17)21-15-12(19)4-2-9(14(15)17)8-11(10)18;1-5(2,3)4/h3-4,13,16,21H,5-9H2,1-2H3;3,6,11-12,17H,4-5,7-9H2,1-2H3;2-5,10-11,13,16,19-20H,6-8H2,1H3;(H2,1,2,3,4)/t13-,16+,17+,18-;11-,12+,17-,18-;10-,11+,13-,16-,17-;/m100./s1. The van der Waals surface area contributed by atoms with Crippen LogP contribution in [0.4, 0.5) is 0 Å². The van der Waals surface area contributed by atoms with E-state index in [0.29, 0.717) is 60.4 Å². The zero-order valence-corrected chi connectivity index (χ0v) is 41.5. The van der Waals surface area contributed by atoms with Crippen LogP contribution in [0.1, 0.15) is 78.3 Å². The number of Topliss-reactive ketones (excluding diaryl/α,β-unsaturated/α-hetero) is 2. The molecule has 6 heterocycles. The number of carbonyl (C=O) groups is 2. The van der Waals surface area contributed by atoms with Crippen LogP contribution < -0.4 is 23.7 Å². The Morgan fingerprint density at radius 2 is 1.23 bits per heavy atom. The second kappa shape index (κ2) is 16.1. The highest BCUT2D eigenvalue weighted by molar-refractivity contribution is 7.79. The number of aliphatic hydroxyl groups excluding tert-OH is 1. The lowest BCUT2D eigenvalue weighted by atomic mass is 9.49. The number of aromatic hydroxyl groups is 1. The number of rotatable bonds is 2. The van der Waals surface area contributed by atoms with Crippen molar-refractivity contribution in [3.05, 3.63) is 81.9 Å². The van der Waals surface area contributed by atoms with Crippen molar-refractivity contribution in [1.82, 2.24) is 14.7 Å². The van der Waals surface area contributed by atoms with Crippen molar-refractivity contribution in [2.75, 3.05) is 55.0 Å². The number of phenols is 1. The van der Waals surface area contributed by atoms with Crippen LogP contribution >= 0.6 is 0 Å². The van der Waals surface area contributed by atoms with Gasteiger partial charge < -0.3 is 53.7 Å². The molecule has 13 atom stereocenters. The number of nitrogens with zero attached hydrogens (tertiary/aromatic N) is 3. The fourth-order valence-electron chi connectivity index (χ4n) is 16.6. The Morgan fingerprint density at radius 3 is 1.92 bits per heavy atom. The molecule has 2 saturated carbocycles. The molecule has 3 spiro atoms. The van der Waals surface area contributed by atoms with Crippen molar-refractivity contribution in [1.29, 1.82) is 0 Å². The molecule has 6 aliphatic heterocycles. The quantitative estimate of drug-likeness (QED) is 0.183. The molecule has 6 bridgehead atoms. The van der Waals surface area contributed by atoms with Gasteiger partial charge in [-0.25, -0.2) is 0 Å². The van der Waals surface area contributed by atoms with Crippen LogP contribution in [0.2, 0.25) is 0 Å². The van der Waals surface area contributed by atoms with Gasteiger partial charge in [0.25, 0.3) is 0 Å². The first-order valence-electron chi connectivity index (χ1n) is 25.0. The van der Waals surface area contributed by atoms with Crippen molar-refractivity contribution in [2.24, 2.45) is 11.8 Å². The summed E-state index contributed by atoms with van der Waals surface area (Å²) in [5.74, 6) is 5.12. The SMILES string of the molecule is CN1CC[C@]23c4c5ccc(O)c4O[C@H]2[C@@H](O)C=C[C@H]3[C@H]1C5.COc1ccc2c3c1O[C@H]1C(=O)CC[C@@]4(O)[C@@H](C2)N(C)CC[C@]314.COc1ccc2c3c1O[C@H]1C(=O)CC[C@H]4[C@@H](C2)N(C)CC[C@]314.O=S(=O)(O)O. The van der Waals surface area contributed by atoms with Crippen molar-refractivity contribution >= 4 is 22.0 Å². The fourth-order valence-corrected chi connectivity index (χ4v) is 16.6. The fraction of sp³-hybridized carbons (Fsp3) is 0.585. The van der Waals surface area contributed by atoms with Gasteiger partial charge in [0.1, 0.15) is 12.2 Å². The zero-order chi connectivity index (χ0) is 49.9. The zero-order valence-electron chi connectivity index (χ0n) is 40.7. The number of ether oxygens (including phenoxy) is 5. The number of phenolic OH excluding ortho intramolecular Hbond substituents is 1. The van der Waals surface area contributed by atoms with Crippen LogP contribution in [0.25, 0.3) is 0 Å². The van der Waals surface area contributed by atoms with Crippen LogP contribution in [0.15, 0.2) is 48.6 Å². The molecule has 5 fully saturated rings. The van der Waals surface area contributed by atoms with Gasteiger partial charge in [0.05, 0.1) is 25.2 Å². The summed E-state index contributed by atoms with van der Waals surface area (Å²) in [4.78, 5) is 32.5. The third kappa shape index (κ3) is 6.31. The molecular weight excluding hydrogens is 935 g/mol. The molecule has 0 unspecified atom stereocenters. The molecule has 17 nitrogen and oxygen atoms in total. The van der Waals surface area contributed by atoms with E-state index in [4.69, 9.17) is 41.2 Å². The summed E-state index contributed by atoms with van der Waals surface area (Å²) >= 11 is 0. The lowest BCUT2D eigenvalue weighted by molar-refractivity contribution is -0.185. The van der Waals surface area contributed by atoms with Crippen LogP contribution in [-0.4, -0.2) is 162 Å². The van der Waals surface area contributed by atoms with Gasteiger partial charge in [0.2, 0.25) is 0 Å². The average molecular weight is 998 g/mol. The van der Waals surface area contributed by atoms with Gasteiger partial charge in [-0.15, -0.1) is 0 Å². The van der Waals surface area contributed by atoms with Gasteiger partial charge in [0, 0.05) is 64.4 Å². The summed E-state index contributed by atoms with van der Waals surface area (Å²) < 4.78 is 61.1. The minimum atomic E-state index is -4.67. The van der Waals surface area contributed by atoms with E-state index in [9.17, 15) is 24.9 Å². The summed E-state index contributed by atoms with van der Waals surface area (Å²) in [6.45, 7) is 2.93. The van der Waals surface area contributed by atoms with Crippen molar-refractivity contribution in [3.63, 3.8) is 0 Å². The number of likely N-dealkylation sites (N-methyl/N-ethyl adjacent to an activating group) is 3. The van der Waals surface area contributed by atoms with Gasteiger partial charge in [-0.2, -0.15) is 8.42 Å². The van der Waals surface area contributed by atoms with E-state index in [2.05, 4.69) is 54.1 Å². The van der Waals surface area contributed by atoms with E-state index in [1.54, 1.807) is 20.3 Å². The summed E-state index contributed by atoms with van der Waals surface area (Å²) in [5, 5.41) is 32.4. The van der Waals surface area contributed by atoms with Crippen molar-refractivity contribution < 1.29 is 66.1 Å². The molecule has 3 aromatic carbocycles. The lowest BCUT2D eigenvalue weighted by Crippen LogP contribution is -2.76. The molecule has 15 rings (SSSR count). The molecule has 3 saturated heterocycles. The van der Waals surface area contributed by atoms with Crippen LogP contribution in [0.5, 0.6) is 34.5 Å². The van der Waals surface area contributed by atoms with E-state index in [-0.39, 0.29) is 46.4 Å². The largest absolute Gasteiger partial charge is 0.504 e. The summed E-state index contributed by atoms with van der Waals surface area (Å²) in [6.07, 6.45) is 10.5. The molecule has 0 amide bonds. The molecule has 12 aliphatic rings. The second-order valence-electron chi connectivity index (χ2n) is 22.1. The maximum absolute atomic E-state index is 12.7. The van der Waals surface area contributed by atoms with E-state index in [1.807, 2.05) is 24.3 Å². The van der Waals surface area contributed by atoms with Crippen LogP contribution in [-0.2, 0) is 55.5 Å². The summed E-state index contributed by atoms with van der Waals surface area (Å²) in [7, 11) is 5.13. The maximum atomic E-state index is 12.7. The Morgan fingerprint density at radius 1 is 0.662 bits per heavy atom. The van der Waals surface area contributed by atoms with E-state index in [0.717, 1.165) is 81.6 Å². The number of likely N-dealkylation sites (tertiary alicyclic amines) is 3. The third-order valence-corrected chi connectivity index (χ3v) is 19.5. The number of hydrogen-bond donors (Lipinski definition) is 5. The minimum Gasteiger partial charge on any atom is -0.504 e.